The van der Waals surface area contributed by atoms with E-state index in [4.69, 9.17) is 0 Å². The van der Waals surface area contributed by atoms with Crippen molar-refractivity contribution in [1.29, 1.82) is 0 Å². The number of aliphatic imine (C=N–C) groups is 1. The minimum absolute atomic E-state index is 0.136. The molecule has 2 aliphatic heterocycles. The Labute approximate surface area is 150 Å². The van der Waals surface area contributed by atoms with Gasteiger partial charge in [0.1, 0.15) is 5.69 Å². The third-order valence-corrected chi connectivity index (χ3v) is 4.57. The van der Waals surface area contributed by atoms with Gasteiger partial charge >= 0.3 is 6.09 Å². The Morgan fingerprint density at radius 2 is 2.08 bits per heavy atom. The number of rotatable bonds is 2. The average Bonchev–Trinajstić information content (AvgIpc) is 2.89. The fraction of sp³-hybridized carbons (Fsp3) is 0.562. The molecular formula is C16H22N6O4. The zero-order valence-corrected chi connectivity index (χ0v) is 15.0. The second kappa shape index (κ2) is 6.77. The lowest BCUT2D eigenvalue weighted by Gasteiger charge is -2.24. The molecule has 0 spiro atoms. The lowest BCUT2D eigenvalue weighted by molar-refractivity contribution is -0.122. The summed E-state index contributed by atoms with van der Waals surface area (Å²) in [5, 5.41) is 13.7. The van der Waals surface area contributed by atoms with Crippen molar-refractivity contribution in [1.82, 2.24) is 24.5 Å². The Bertz CT molecular complexity index is 784. The van der Waals surface area contributed by atoms with Crippen LogP contribution in [0.3, 0.4) is 0 Å². The van der Waals surface area contributed by atoms with Crippen LogP contribution in [0.2, 0.25) is 0 Å². The van der Waals surface area contributed by atoms with Crippen LogP contribution >= 0.6 is 0 Å². The predicted molar refractivity (Wildman–Crippen MR) is 92.0 cm³/mol. The highest BCUT2D eigenvalue weighted by molar-refractivity contribution is 5.95. The van der Waals surface area contributed by atoms with E-state index in [0.717, 1.165) is 5.69 Å². The smallest absolute Gasteiger partial charge is 0.407 e. The van der Waals surface area contributed by atoms with Gasteiger partial charge in [-0.2, -0.15) is 5.10 Å². The first-order valence-electron chi connectivity index (χ1n) is 8.34. The topological polar surface area (TPSA) is 111 Å². The Morgan fingerprint density at radius 3 is 2.73 bits per heavy atom. The molecule has 3 heterocycles. The molecule has 1 N–H and O–H groups in total. The van der Waals surface area contributed by atoms with Crippen molar-refractivity contribution in [2.24, 2.45) is 10.9 Å². The van der Waals surface area contributed by atoms with Gasteiger partial charge in [-0.25, -0.2) is 9.79 Å². The van der Waals surface area contributed by atoms with Gasteiger partial charge in [0.05, 0.1) is 31.0 Å². The number of amides is 3. The molecule has 2 aliphatic rings. The minimum atomic E-state index is -1.02. The lowest BCUT2D eigenvalue weighted by atomic mass is 10.1. The molecular weight excluding hydrogens is 340 g/mol. The predicted octanol–water partition coefficient (Wildman–Crippen LogP) is -0.262. The van der Waals surface area contributed by atoms with E-state index < -0.39 is 12.0 Å². The molecule has 0 aromatic carbocycles. The van der Waals surface area contributed by atoms with Crippen molar-refractivity contribution >= 4 is 24.2 Å². The molecule has 0 bridgehead atoms. The first-order valence-corrected chi connectivity index (χ1v) is 8.34. The largest absolute Gasteiger partial charge is 0.465 e. The van der Waals surface area contributed by atoms with E-state index >= 15 is 0 Å². The van der Waals surface area contributed by atoms with Crippen LogP contribution in [0.25, 0.3) is 0 Å². The molecule has 26 heavy (non-hydrogen) atoms. The zero-order chi connectivity index (χ0) is 19.0. The highest BCUT2D eigenvalue weighted by atomic mass is 16.4. The molecule has 3 rings (SSSR count). The van der Waals surface area contributed by atoms with Gasteiger partial charge in [0.15, 0.2) is 0 Å². The fourth-order valence-electron chi connectivity index (χ4n) is 3.26. The van der Waals surface area contributed by atoms with Crippen LogP contribution in [0.5, 0.6) is 0 Å². The summed E-state index contributed by atoms with van der Waals surface area (Å²) in [4.78, 5) is 44.9. The van der Waals surface area contributed by atoms with Crippen molar-refractivity contribution in [2.75, 3.05) is 34.2 Å². The summed E-state index contributed by atoms with van der Waals surface area (Å²) < 4.78 is 1.55. The number of hydrogen-bond acceptors (Lipinski definition) is 4. The number of aromatic nitrogens is 2. The second-order valence-electron chi connectivity index (χ2n) is 6.84. The van der Waals surface area contributed by atoms with E-state index in [-0.39, 0.29) is 31.4 Å². The third-order valence-electron chi connectivity index (χ3n) is 4.57. The van der Waals surface area contributed by atoms with Crippen LogP contribution in [0, 0.1) is 5.92 Å². The van der Waals surface area contributed by atoms with Gasteiger partial charge in [-0.3, -0.25) is 14.3 Å². The maximum absolute atomic E-state index is 12.8. The molecule has 3 amide bonds. The highest BCUT2D eigenvalue weighted by Crippen LogP contribution is 2.26. The quantitative estimate of drug-likeness (QED) is 0.573. The Hall–Kier alpha value is -2.91. The van der Waals surface area contributed by atoms with Gasteiger partial charge in [0.25, 0.3) is 11.8 Å². The SMILES string of the molecule is CN(C)/C=N/C(=O)C1CN(C)C(=O)c2c3c(nn2C1)CCN(C(=O)O)C3. The molecule has 10 heteroatoms. The van der Waals surface area contributed by atoms with Crippen molar-refractivity contribution in [2.45, 2.75) is 19.5 Å². The standard InChI is InChI=1S/C16H22N6O4/c1-19(2)9-17-14(23)10-6-20(3)15(24)13-11-8-21(16(25)26)5-4-12(11)18-22(13)7-10/h9-10H,4-8H2,1-3H3,(H,25,26)/b17-9+. The van der Waals surface area contributed by atoms with E-state index in [1.165, 1.54) is 16.1 Å². The van der Waals surface area contributed by atoms with E-state index in [9.17, 15) is 19.5 Å². The van der Waals surface area contributed by atoms with E-state index in [2.05, 4.69) is 10.1 Å². The summed E-state index contributed by atoms with van der Waals surface area (Å²) in [6.45, 7) is 0.966. The molecule has 10 nitrogen and oxygen atoms in total. The summed E-state index contributed by atoms with van der Waals surface area (Å²) in [6.07, 6.45) is 0.876. The van der Waals surface area contributed by atoms with Crippen molar-refractivity contribution in [3.05, 3.63) is 17.0 Å². The van der Waals surface area contributed by atoms with Crippen LogP contribution in [-0.2, 0) is 24.3 Å². The number of carboxylic acid groups (broad SMARTS) is 1. The normalized spacial score (nSPS) is 20.0. The van der Waals surface area contributed by atoms with E-state index in [0.29, 0.717) is 24.2 Å². The molecule has 0 radical (unpaired) electrons. The van der Waals surface area contributed by atoms with Crippen LogP contribution in [0.4, 0.5) is 4.79 Å². The van der Waals surface area contributed by atoms with Gasteiger partial charge in [-0.1, -0.05) is 0 Å². The number of fused-ring (bicyclic) bond motifs is 3. The molecule has 0 saturated carbocycles. The van der Waals surface area contributed by atoms with Crippen LogP contribution in [-0.4, -0.2) is 88.1 Å². The van der Waals surface area contributed by atoms with Crippen LogP contribution in [0.1, 0.15) is 21.7 Å². The summed E-state index contributed by atoms with van der Waals surface area (Å²) in [7, 11) is 5.17. The third kappa shape index (κ3) is 3.26. The number of nitrogens with zero attached hydrogens (tertiary/aromatic N) is 6. The summed E-state index contributed by atoms with van der Waals surface area (Å²) in [6, 6.07) is 0. The maximum Gasteiger partial charge on any atom is 0.407 e. The van der Waals surface area contributed by atoms with Crippen molar-refractivity contribution in [3.8, 4) is 0 Å². The first-order chi connectivity index (χ1) is 12.3. The molecule has 0 saturated heterocycles. The summed E-state index contributed by atoms with van der Waals surface area (Å²) in [5.74, 6) is -1.07. The van der Waals surface area contributed by atoms with Gasteiger partial charge in [-0.15, -0.1) is 0 Å². The molecule has 1 aromatic rings. The zero-order valence-electron chi connectivity index (χ0n) is 15.0. The number of carbonyl (C=O) groups excluding carboxylic acids is 2. The monoisotopic (exact) mass is 362 g/mol. The Balaban J connectivity index is 1.94. The van der Waals surface area contributed by atoms with Crippen molar-refractivity contribution in [3.63, 3.8) is 0 Å². The summed E-state index contributed by atoms with van der Waals surface area (Å²) in [5.41, 5.74) is 1.74. The Morgan fingerprint density at radius 1 is 1.35 bits per heavy atom. The molecule has 0 aliphatic carbocycles. The maximum atomic E-state index is 12.8. The van der Waals surface area contributed by atoms with E-state index in [1.54, 1.807) is 30.7 Å². The number of hydrogen-bond donors (Lipinski definition) is 1. The van der Waals surface area contributed by atoms with Gasteiger partial charge in [0.2, 0.25) is 0 Å². The molecule has 0 fully saturated rings. The second-order valence-corrected chi connectivity index (χ2v) is 6.84. The van der Waals surface area contributed by atoms with Gasteiger partial charge in [0, 0.05) is 46.2 Å². The Kier molecular flexibility index (Phi) is 4.66. The lowest BCUT2D eigenvalue weighted by Crippen LogP contribution is -2.36. The van der Waals surface area contributed by atoms with Crippen molar-refractivity contribution < 1.29 is 19.5 Å². The average molecular weight is 362 g/mol. The number of carbonyl (C=O) groups is 3. The molecule has 1 unspecified atom stereocenters. The fourth-order valence-corrected chi connectivity index (χ4v) is 3.26. The van der Waals surface area contributed by atoms with Gasteiger partial charge in [-0.05, 0) is 0 Å². The molecule has 140 valence electrons. The van der Waals surface area contributed by atoms with Crippen LogP contribution < -0.4 is 0 Å². The first kappa shape index (κ1) is 17.9. The summed E-state index contributed by atoms with van der Waals surface area (Å²) >= 11 is 0. The molecule has 1 aromatic heterocycles. The van der Waals surface area contributed by atoms with Gasteiger partial charge < -0.3 is 19.8 Å². The highest BCUT2D eigenvalue weighted by Gasteiger charge is 2.36. The molecule has 1 atom stereocenters. The minimum Gasteiger partial charge on any atom is -0.465 e. The van der Waals surface area contributed by atoms with E-state index in [1.807, 2.05) is 0 Å². The van der Waals surface area contributed by atoms with Crippen LogP contribution in [0.15, 0.2) is 4.99 Å².